The summed E-state index contributed by atoms with van der Waals surface area (Å²) in [5.41, 5.74) is 4.47. The van der Waals surface area contributed by atoms with Gasteiger partial charge < -0.3 is 40.3 Å². The molecule has 0 radical (unpaired) electrons. The zero-order chi connectivity index (χ0) is 25.4. The minimum Gasteiger partial charge on any atom is -0.388 e. The first-order valence-electron chi connectivity index (χ1n) is 9.73. The molecule has 7 N–H and O–H groups in total. The smallest absolute Gasteiger partial charge is 0.388 e. The van der Waals surface area contributed by atoms with E-state index >= 15 is 0 Å². The number of aliphatic hydroxyl groups excluding tert-OH is 3. The normalized spacial score (nSPS) is 37.7. The van der Waals surface area contributed by atoms with Gasteiger partial charge in [0.1, 0.15) is 36.4 Å². The molecule has 10 atom stereocenters. The molecule has 0 amide bonds. The number of halogens is 1. The third-order valence-electron chi connectivity index (χ3n) is 4.95. The molecule has 194 valence electrons. The van der Waals surface area contributed by atoms with E-state index in [1.54, 1.807) is 0 Å². The molecule has 2 aliphatic rings. The molecule has 1 aromatic heterocycles. The number of ether oxygens (including phenoxy) is 2. The summed E-state index contributed by atoms with van der Waals surface area (Å²) >= 11 is 0. The second kappa shape index (κ2) is 10.3. The van der Waals surface area contributed by atoms with Crippen molar-refractivity contribution in [2.24, 2.45) is 0 Å². The number of phosphoric ester groups is 2. The molecule has 2 unspecified atom stereocenters. The summed E-state index contributed by atoms with van der Waals surface area (Å²) in [5.74, 6) is -0.103. The van der Waals surface area contributed by atoms with Crippen molar-refractivity contribution in [2.75, 3.05) is 12.3 Å². The number of hydrogen-bond donors (Lipinski definition) is 6. The zero-order valence-electron chi connectivity index (χ0n) is 17.4. The minimum atomic E-state index is -5.39. The molecule has 2 aliphatic heterocycles. The van der Waals surface area contributed by atoms with Crippen molar-refractivity contribution in [1.29, 1.82) is 0 Å². The fourth-order valence-electron chi connectivity index (χ4n) is 3.20. The van der Waals surface area contributed by atoms with Crippen molar-refractivity contribution in [1.82, 2.24) is 9.55 Å². The van der Waals surface area contributed by atoms with Gasteiger partial charge in [-0.15, -0.1) is 0 Å². The first-order chi connectivity index (χ1) is 15.7. The van der Waals surface area contributed by atoms with Gasteiger partial charge >= 0.3 is 21.3 Å². The van der Waals surface area contributed by atoms with Crippen molar-refractivity contribution in [3.63, 3.8) is 0 Å². The standard InChI is InChI=1S/C15H24FN3O13P2/c1-6-7(16)4-8(20)14(29-6)31-34(26,27)32-33(24,25)28-5-9-11(21)12(22)13(30-9)19-3-2-10(17)18-15(19)23/h2-3,6-9,11-14,20-22H,4-5H2,1H3,(H,24,25)(H,26,27)(H2,17,18,23)/t6-,7+,8-,9-,11-,12-,13-,14-/m1/s1. The zero-order valence-corrected chi connectivity index (χ0v) is 19.2. The average Bonchev–Trinajstić information content (AvgIpc) is 2.98. The molecule has 3 rings (SSSR count). The Labute approximate surface area is 190 Å². The molecule has 2 saturated heterocycles. The molecule has 34 heavy (non-hydrogen) atoms. The van der Waals surface area contributed by atoms with Gasteiger partial charge in [0.25, 0.3) is 0 Å². The topological polar surface area (TPSA) is 242 Å². The number of aliphatic hydroxyl groups is 3. The lowest BCUT2D eigenvalue weighted by Crippen LogP contribution is -2.45. The van der Waals surface area contributed by atoms with Gasteiger partial charge in [-0.1, -0.05) is 0 Å². The molecule has 2 fully saturated rings. The monoisotopic (exact) mass is 535 g/mol. The highest BCUT2D eigenvalue weighted by Gasteiger charge is 2.47. The van der Waals surface area contributed by atoms with Crippen LogP contribution >= 0.6 is 15.6 Å². The van der Waals surface area contributed by atoms with E-state index in [9.17, 15) is 43.4 Å². The Balaban J connectivity index is 1.59. The van der Waals surface area contributed by atoms with Crippen LogP contribution in [0.1, 0.15) is 19.6 Å². The van der Waals surface area contributed by atoms with Gasteiger partial charge in [-0.2, -0.15) is 9.29 Å². The summed E-state index contributed by atoms with van der Waals surface area (Å²) in [6.45, 7) is 0.335. The Morgan fingerprint density at radius 3 is 2.56 bits per heavy atom. The van der Waals surface area contributed by atoms with Gasteiger partial charge in [-0.25, -0.2) is 18.3 Å². The summed E-state index contributed by atoms with van der Waals surface area (Å²) < 4.78 is 61.9. The molecular weight excluding hydrogens is 511 g/mol. The van der Waals surface area contributed by atoms with Crippen LogP contribution in [0.15, 0.2) is 17.1 Å². The lowest BCUT2D eigenvalue weighted by molar-refractivity contribution is -0.222. The number of hydrogen-bond acceptors (Lipinski definition) is 13. The Morgan fingerprint density at radius 1 is 1.24 bits per heavy atom. The SMILES string of the molecule is C[C@H]1O[C@H](OP(=O)(O)OP(=O)(O)OC[C@H]2O[C@@H](n3ccc(N)nc3=O)[C@H](O)[C@@H]2O)[C@H](O)C[C@@H]1F. The number of anilines is 1. The Hall–Kier alpha value is -1.33. The number of phosphoric acid groups is 2. The molecular formula is C15H24FN3O13P2. The number of nitrogen functional groups attached to an aromatic ring is 1. The van der Waals surface area contributed by atoms with E-state index in [4.69, 9.17) is 15.2 Å². The van der Waals surface area contributed by atoms with Crippen LogP contribution in [0, 0.1) is 0 Å². The highest BCUT2D eigenvalue weighted by atomic mass is 31.3. The summed E-state index contributed by atoms with van der Waals surface area (Å²) in [5, 5.41) is 30.0. The Bertz CT molecular complexity index is 1030. The van der Waals surface area contributed by atoms with Gasteiger partial charge in [-0.3, -0.25) is 13.6 Å². The van der Waals surface area contributed by atoms with E-state index in [0.29, 0.717) is 0 Å². The van der Waals surface area contributed by atoms with Gasteiger partial charge in [0.15, 0.2) is 12.5 Å². The van der Waals surface area contributed by atoms with Crippen LogP contribution in [0.2, 0.25) is 0 Å². The van der Waals surface area contributed by atoms with Crippen molar-refractivity contribution in [2.45, 2.75) is 62.6 Å². The fourth-order valence-corrected chi connectivity index (χ4v) is 5.38. The van der Waals surface area contributed by atoms with Crippen LogP contribution in [0.25, 0.3) is 0 Å². The number of nitrogens with zero attached hydrogens (tertiary/aromatic N) is 2. The molecule has 0 aliphatic carbocycles. The summed E-state index contributed by atoms with van der Waals surface area (Å²) in [6, 6.07) is 1.23. The summed E-state index contributed by atoms with van der Waals surface area (Å²) in [6.07, 6.45) is -11.9. The summed E-state index contributed by atoms with van der Waals surface area (Å²) in [4.78, 5) is 34.9. The Morgan fingerprint density at radius 2 is 1.91 bits per heavy atom. The number of rotatable bonds is 8. The largest absolute Gasteiger partial charge is 0.483 e. The lowest BCUT2D eigenvalue weighted by atomic mass is 10.1. The maximum atomic E-state index is 13.5. The highest BCUT2D eigenvalue weighted by Crippen LogP contribution is 2.61. The van der Waals surface area contributed by atoms with E-state index in [-0.39, 0.29) is 5.82 Å². The number of aromatic nitrogens is 2. The van der Waals surface area contributed by atoms with Crippen molar-refractivity contribution in [3.8, 4) is 0 Å². The van der Waals surface area contributed by atoms with E-state index in [2.05, 4.69) is 18.3 Å². The van der Waals surface area contributed by atoms with E-state index < -0.39 is 83.6 Å². The predicted octanol–water partition coefficient (Wildman–Crippen LogP) is -1.47. The van der Waals surface area contributed by atoms with E-state index in [0.717, 1.165) is 10.8 Å². The van der Waals surface area contributed by atoms with Gasteiger partial charge in [0, 0.05) is 12.6 Å². The van der Waals surface area contributed by atoms with Crippen LogP contribution in [0.4, 0.5) is 10.2 Å². The lowest BCUT2D eigenvalue weighted by Gasteiger charge is -2.34. The maximum Gasteiger partial charge on any atom is 0.483 e. The maximum absolute atomic E-state index is 13.5. The second-order valence-corrected chi connectivity index (χ2v) is 10.5. The van der Waals surface area contributed by atoms with Gasteiger partial charge in [0.05, 0.1) is 12.7 Å². The van der Waals surface area contributed by atoms with Crippen LogP contribution in [-0.2, 0) is 32.0 Å². The van der Waals surface area contributed by atoms with Crippen LogP contribution < -0.4 is 11.4 Å². The quantitative estimate of drug-likeness (QED) is 0.208. The molecule has 0 spiro atoms. The van der Waals surface area contributed by atoms with E-state index in [1.165, 1.54) is 13.0 Å². The molecule has 16 nitrogen and oxygen atoms in total. The number of nitrogens with two attached hydrogens (primary N) is 1. The predicted molar refractivity (Wildman–Crippen MR) is 106 cm³/mol. The minimum absolute atomic E-state index is 0.103. The molecule has 19 heteroatoms. The third kappa shape index (κ3) is 6.46. The van der Waals surface area contributed by atoms with Gasteiger partial charge in [-0.05, 0) is 13.0 Å². The van der Waals surface area contributed by atoms with Crippen LogP contribution in [-0.4, -0.2) is 84.2 Å². The van der Waals surface area contributed by atoms with Crippen molar-refractivity contribution < 1.29 is 61.5 Å². The van der Waals surface area contributed by atoms with Crippen LogP contribution in [0.3, 0.4) is 0 Å². The first kappa shape index (κ1) is 27.3. The second-order valence-electron chi connectivity index (χ2n) is 7.54. The molecule has 0 aromatic carbocycles. The van der Waals surface area contributed by atoms with Crippen molar-refractivity contribution >= 4 is 21.5 Å². The fraction of sp³-hybridized carbons (Fsp3) is 0.733. The summed E-state index contributed by atoms with van der Waals surface area (Å²) in [7, 11) is -10.7. The van der Waals surface area contributed by atoms with E-state index in [1.807, 2.05) is 0 Å². The molecule has 0 saturated carbocycles. The van der Waals surface area contributed by atoms with Crippen LogP contribution in [0.5, 0.6) is 0 Å². The first-order valence-corrected chi connectivity index (χ1v) is 12.7. The molecule has 1 aromatic rings. The third-order valence-corrected chi connectivity index (χ3v) is 7.55. The van der Waals surface area contributed by atoms with Gasteiger partial charge in [0.2, 0.25) is 0 Å². The molecule has 0 bridgehead atoms. The Kier molecular flexibility index (Phi) is 8.29. The average molecular weight is 535 g/mol. The highest BCUT2D eigenvalue weighted by molar-refractivity contribution is 7.61. The molecule has 3 heterocycles. The van der Waals surface area contributed by atoms with Crippen molar-refractivity contribution in [3.05, 3.63) is 22.7 Å². The number of alkyl halides is 1.